The molecule has 0 atom stereocenters. The molecule has 0 aliphatic carbocycles. The lowest BCUT2D eigenvalue weighted by atomic mass is 10.2. The number of hydrogen-bond acceptors (Lipinski definition) is 5. The highest BCUT2D eigenvalue weighted by Gasteiger charge is 2.31. The first kappa shape index (κ1) is 17.1. The number of rotatable bonds is 4. The maximum Gasteiger partial charge on any atom is 0.243 e. The lowest BCUT2D eigenvalue weighted by molar-refractivity contribution is 0.101. The van der Waals surface area contributed by atoms with Crippen LogP contribution in [0.5, 0.6) is 0 Å². The first-order valence-electron chi connectivity index (χ1n) is 6.68. The standard InChI is InChI=1S/C13H18N2O5S2/c1-11(16)12-3-5-13(6-4-12)22(19,20)15-9-7-14(8-10-15)21(2,17)18/h3-6H,7-10H2,1-2H3. The molecule has 0 amide bonds. The summed E-state index contributed by atoms with van der Waals surface area (Å²) in [6, 6.07) is 5.74. The number of hydrogen-bond donors (Lipinski definition) is 0. The second-order valence-electron chi connectivity index (χ2n) is 5.15. The molecule has 1 aromatic rings. The average Bonchev–Trinajstić information content (AvgIpc) is 2.46. The van der Waals surface area contributed by atoms with E-state index in [4.69, 9.17) is 0 Å². The van der Waals surface area contributed by atoms with Crippen LogP contribution in [0.25, 0.3) is 0 Å². The van der Waals surface area contributed by atoms with Crippen molar-refractivity contribution in [1.82, 2.24) is 8.61 Å². The van der Waals surface area contributed by atoms with E-state index in [1.165, 1.54) is 39.8 Å². The van der Waals surface area contributed by atoms with Crippen molar-refractivity contribution in [3.05, 3.63) is 29.8 Å². The molecule has 0 unspecified atom stereocenters. The topological polar surface area (TPSA) is 91.8 Å². The van der Waals surface area contributed by atoms with Gasteiger partial charge in [-0.05, 0) is 19.1 Å². The van der Waals surface area contributed by atoms with Gasteiger partial charge in [0.15, 0.2) is 5.78 Å². The summed E-state index contributed by atoms with van der Waals surface area (Å²) in [6.07, 6.45) is 1.11. The van der Waals surface area contributed by atoms with E-state index in [0.29, 0.717) is 5.56 Å². The Morgan fingerprint density at radius 2 is 1.36 bits per heavy atom. The highest BCUT2D eigenvalue weighted by molar-refractivity contribution is 7.89. The quantitative estimate of drug-likeness (QED) is 0.724. The molecule has 1 aromatic carbocycles. The number of carbonyl (C=O) groups excluding carboxylic acids is 1. The molecular weight excluding hydrogens is 328 g/mol. The Morgan fingerprint density at radius 1 is 0.909 bits per heavy atom. The van der Waals surface area contributed by atoms with Crippen molar-refractivity contribution in [3.8, 4) is 0 Å². The van der Waals surface area contributed by atoms with Crippen molar-refractivity contribution < 1.29 is 21.6 Å². The molecule has 0 aromatic heterocycles. The molecule has 1 saturated heterocycles. The molecule has 7 nitrogen and oxygen atoms in total. The van der Waals surface area contributed by atoms with Crippen LogP contribution in [0.1, 0.15) is 17.3 Å². The molecule has 1 fully saturated rings. The monoisotopic (exact) mass is 346 g/mol. The van der Waals surface area contributed by atoms with Gasteiger partial charge >= 0.3 is 0 Å². The van der Waals surface area contributed by atoms with Gasteiger partial charge in [0.25, 0.3) is 0 Å². The van der Waals surface area contributed by atoms with Crippen molar-refractivity contribution in [2.45, 2.75) is 11.8 Å². The number of Topliss-reactive ketones (excluding diaryl/α,β-unsaturated/α-hetero) is 1. The summed E-state index contributed by atoms with van der Waals surface area (Å²) in [4.78, 5) is 11.3. The molecule has 22 heavy (non-hydrogen) atoms. The first-order chi connectivity index (χ1) is 10.1. The molecule has 0 spiro atoms. The summed E-state index contributed by atoms with van der Waals surface area (Å²) in [6.45, 7) is 1.93. The van der Waals surface area contributed by atoms with Gasteiger partial charge in [-0.3, -0.25) is 4.79 Å². The Morgan fingerprint density at radius 3 is 1.77 bits per heavy atom. The Labute approximate surface area is 130 Å². The van der Waals surface area contributed by atoms with Gasteiger partial charge in [-0.15, -0.1) is 0 Å². The van der Waals surface area contributed by atoms with E-state index in [2.05, 4.69) is 0 Å². The summed E-state index contributed by atoms with van der Waals surface area (Å²) < 4.78 is 50.4. The fourth-order valence-corrected chi connectivity index (χ4v) is 4.50. The van der Waals surface area contributed by atoms with Crippen LogP contribution >= 0.6 is 0 Å². The molecule has 1 aliphatic rings. The van der Waals surface area contributed by atoms with E-state index in [-0.39, 0.29) is 36.9 Å². The fraction of sp³-hybridized carbons (Fsp3) is 0.462. The summed E-state index contributed by atoms with van der Waals surface area (Å²) in [5.41, 5.74) is 0.445. The van der Waals surface area contributed by atoms with Gasteiger partial charge in [-0.2, -0.15) is 8.61 Å². The minimum absolute atomic E-state index is 0.102. The zero-order valence-electron chi connectivity index (χ0n) is 12.4. The van der Waals surface area contributed by atoms with Gasteiger partial charge in [-0.1, -0.05) is 12.1 Å². The highest BCUT2D eigenvalue weighted by Crippen LogP contribution is 2.19. The molecular formula is C13H18N2O5S2. The van der Waals surface area contributed by atoms with Gasteiger partial charge < -0.3 is 0 Å². The Hall–Kier alpha value is -1.29. The van der Waals surface area contributed by atoms with E-state index in [1.807, 2.05) is 0 Å². The second kappa shape index (κ2) is 6.07. The van der Waals surface area contributed by atoms with Gasteiger partial charge in [0.05, 0.1) is 11.2 Å². The Bertz CT molecular complexity index is 761. The maximum absolute atomic E-state index is 12.5. The van der Waals surface area contributed by atoms with Gasteiger partial charge in [-0.25, -0.2) is 16.8 Å². The number of nitrogens with zero attached hydrogens (tertiary/aromatic N) is 2. The molecule has 122 valence electrons. The number of sulfonamides is 2. The number of piperazine rings is 1. The third-order valence-electron chi connectivity index (χ3n) is 3.57. The third-order valence-corrected chi connectivity index (χ3v) is 6.78. The molecule has 0 N–H and O–H groups in total. The zero-order chi connectivity index (χ0) is 16.5. The highest BCUT2D eigenvalue weighted by atomic mass is 32.2. The van der Waals surface area contributed by atoms with Crippen LogP contribution in [0.2, 0.25) is 0 Å². The summed E-state index contributed by atoms with van der Waals surface area (Å²) in [5.74, 6) is -0.134. The number of ketones is 1. The summed E-state index contributed by atoms with van der Waals surface area (Å²) in [5, 5.41) is 0. The van der Waals surface area contributed by atoms with Crippen LogP contribution in [0.3, 0.4) is 0 Å². The lowest BCUT2D eigenvalue weighted by Crippen LogP contribution is -2.50. The third kappa shape index (κ3) is 3.54. The van der Waals surface area contributed by atoms with E-state index in [0.717, 1.165) is 6.26 Å². The molecule has 0 bridgehead atoms. The fourth-order valence-electron chi connectivity index (χ4n) is 2.25. The van der Waals surface area contributed by atoms with Crippen LogP contribution in [0.15, 0.2) is 29.2 Å². The van der Waals surface area contributed by atoms with Crippen LogP contribution < -0.4 is 0 Å². The van der Waals surface area contributed by atoms with Crippen molar-refractivity contribution in [2.24, 2.45) is 0 Å². The van der Waals surface area contributed by atoms with Crippen LogP contribution in [-0.2, 0) is 20.0 Å². The minimum atomic E-state index is -3.67. The van der Waals surface area contributed by atoms with Gasteiger partial charge in [0.1, 0.15) is 0 Å². The van der Waals surface area contributed by atoms with Crippen molar-refractivity contribution in [1.29, 1.82) is 0 Å². The summed E-state index contributed by atoms with van der Waals surface area (Å²) >= 11 is 0. The van der Waals surface area contributed by atoms with E-state index >= 15 is 0 Å². The molecule has 1 heterocycles. The normalized spacial score (nSPS) is 18.3. The predicted molar refractivity (Wildman–Crippen MR) is 81.6 cm³/mol. The largest absolute Gasteiger partial charge is 0.295 e. The number of benzene rings is 1. The van der Waals surface area contributed by atoms with Crippen molar-refractivity contribution in [3.63, 3.8) is 0 Å². The van der Waals surface area contributed by atoms with E-state index in [1.54, 1.807) is 0 Å². The molecule has 2 rings (SSSR count). The van der Waals surface area contributed by atoms with E-state index in [9.17, 15) is 21.6 Å². The molecule has 1 aliphatic heterocycles. The average molecular weight is 346 g/mol. The van der Waals surface area contributed by atoms with Crippen LogP contribution in [0.4, 0.5) is 0 Å². The molecule has 0 saturated carbocycles. The Balaban J connectivity index is 2.16. The van der Waals surface area contributed by atoms with E-state index < -0.39 is 20.0 Å². The van der Waals surface area contributed by atoms with Gasteiger partial charge in [0, 0.05) is 31.7 Å². The Kier molecular flexibility index (Phi) is 4.71. The molecule has 0 radical (unpaired) electrons. The SMILES string of the molecule is CC(=O)c1ccc(S(=O)(=O)N2CCN(S(C)(=O)=O)CC2)cc1. The molecule has 9 heteroatoms. The lowest BCUT2D eigenvalue weighted by Gasteiger charge is -2.32. The van der Waals surface area contributed by atoms with Crippen LogP contribution in [0, 0.1) is 0 Å². The second-order valence-corrected chi connectivity index (χ2v) is 9.07. The zero-order valence-corrected chi connectivity index (χ0v) is 14.0. The number of carbonyl (C=O) groups is 1. The first-order valence-corrected chi connectivity index (χ1v) is 9.97. The maximum atomic E-state index is 12.5. The van der Waals surface area contributed by atoms with Gasteiger partial charge in [0.2, 0.25) is 20.0 Å². The predicted octanol–water partition coefficient (Wildman–Crippen LogP) is 0.155. The van der Waals surface area contributed by atoms with Crippen molar-refractivity contribution >= 4 is 25.8 Å². The minimum Gasteiger partial charge on any atom is -0.295 e. The summed E-state index contributed by atoms with van der Waals surface area (Å²) in [7, 11) is -6.97. The van der Waals surface area contributed by atoms with Crippen LogP contribution in [-0.4, -0.2) is 63.7 Å². The van der Waals surface area contributed by atoms with Crippen molar-refractivity contribution in [2.75, 3.05) is 32.4 Å². The smallest absolute Gasteiger partial charge is 0.243 e.